The first-order chi connectivity index (χ1) is 7.47. The number of benzene rings is 1. The van der Waals surface area contributed by atoms with E-state index >= 15 is 0 Å². The highest BCUT2D eigenvalue weighted by Gasteiger charge is 2.38. The molecule has 1 atom stereocenters. The van der Waals surface area contributed by atoms with Crippen LogP contribution in [0.25, 0.3) is 0 Å². The average Bonchev–Trinajstić information content (AvgIpc) is 2.22. The summed E-state index contributed by atoms with van der Waals surface area (Å²) < 4.78 is 13.7. The van der Waals surface area contributed by atoms with Gasteiger partial charge in [0.15, 0.2) is 0 Å². The first kappa shape index (κ1) is 12.2. The zero-order chi connectivity index (χ0) is 11.9. The Morgan fingerprint density at radius 3 is 2.81 bits per heavy atom. The molecule has 1 nitrogen and oxygen atoms in total. The molecule has 0 radical (unpaired) electrons. The molecule has 0 saturated heterocycles. The molecule has 88 valence electrons. The largest absolute Gasteiger partial charge is 0.312 e. The fourth-order valence-corrected chi connectivity index (χ4v) is 3.75. The van der Waals surface area contributed by atoms with Gasteiger partial charge in [-0.3, -0.25) is 0 Å². The molecule has 1 aliphatic heterocycles. The minimum atomic E-state index is -0.150. The molecule has 1 heterocycles. The number of thioether (sulfide) groups is 1. The van der Waals surface area contributed by atoms with E-state index in [0.29, 0.717) is 10.8 Å². The van der Waals surface area contributed by atoms with Crippen molar-refractivity contribution in [1.82, 2.24) is 5.32 Å². The average molecular weight is 260 g/mol. The van der Waals surface area contributed by atoms with Gasteiger partial charge in [-0.2, -0.15) is 0 Å². The van der Waals surface area contributed by atoms with E-state index in [1.165, 1.54) is 6.07 Å². The number of halogens is 2. The van der Waals surface area contributed by atoms with E-state index < -0.39 is 0 Å². The standard InChI is InChI=1S/C12H15ClFNS/c1-12(2)11(15-3)10-7(6-16-12)9(14)5-4-8(10)13/h4-5,11,15H,6H2,1-3H3. The number of rotatable bonds is 1. The summed E-state index contributed by atoms with van der Waals surface area (Å²) in [5.41, 5.74) is 1.67. The van der Waals surface area contributed by atoms with Crippen molar-refractivity contribution in [3.8, 4) is 0 Å². The summed E-state index contributed by atoms with van der Waals surface area (Å²) in [6, 6.07) is 3.18. The first-order valence-electron chi connectivity index (χ1n) is 5.25. The minimum Gasteiger partial charge on any atom is -0.312 e. The zero-order valence-corrected chi connectivity index (χ0v) is 11.2. The van der Waals surface area contributed by atoms with Gasteiger partial charge in [0.25, 0.3) is 0 Å². The van der Waals surface area contributed by atoms with E-state index in [9.17, 15) is 4.39 Å². The van der Waals surface area contributed by atoms with Crippen LogP contribution in [-0.4, -0.2) is 11.8 Å². The summed E-state index contributed by atoms with van der Waals surface area (Å²) in [6.07, 6.45) is 0. The second-order valence-corrected chi connectivity index (χ2v) is 6.57. The molecular weight excluding hydrogens is 245 g/mol. The fourth-order valence-electron chi connectivity index (χ4n) is 2.25. The third-order valence-corrected chi connectivity index (χ3v) is 4.85. The first-order valence-corrected chi connectivity index (χ1v) is 6.61. The van der Waals surface area contributed by atoms with Gasteiger partial charge in [0.1, 0.15) is 5.82 Å². The maximum Gasteiger partial charge on any atom is 0.127 e. The predicted octanol–water partition coefficient (Wildman–Crippen LogP) is 3.77. The third-order valence-electron chi connectivity index (χ3n) is 3.11. The van der Waals surface area contributed by atoms with Crippen LogP contribution in [0.2, 0.25) is 5.02 Å². The Hall–Kier alpha value is -0.250. The van der Waals surface area contributed by atoms with Gasteiger partial charge in [-0.15, -0.1) is 11.8 Å². The summed E-state index contributed by atoms with van der Waals surface area (Å²) in [4.78, 5) is 0. The van der Waals surface area contributed by atoms with Crippen molar-refractivity contribution >= 4 is 23.4 Å². The molecule has 1 aromatic carbocycles. The number of hydrogen-bond acceptors (Lipinski definition) is 2. The van der Waals surface area contributed by atoms with Crippen LogP contribution in [0.15, 0.2) is 12.1 Å². The summed E-state index contributed by atoms with van der Waals surface area (Å²) in [7, 11) is 1.89. The van der Waals surface area contributed by atoms with E-state index in [4.69, 9.17) is 11.6 Å². The number of fused-ring (bicyclic) bond motifs is 1. The van der Waals surface area contributed by atoms with Crippen molar-refractivity contribution < 1.29 is 4.39 Å². The molecular formula is C12H15ClFNS. The third kappa shape index (κ3) is 1.85. The lowest BCUT2D eigenvalue weighted by molar-refractivity contribution is 0.468. The van der Waals surface area contributed by atoms with Gasteiger partial charge in [-0.05, 0) is 38.6 Å². The van der Waals surface area contributed by atoms with Crippen LogP contribution >= 0.6 is 23.4 Å². The van der Waals surface area contributed by atoms with Gasteiger partial charge in [0.05, 0.1) is 0 Å². The monoisotopic (exact) mass is 259 g/mol. The maximum atomic E-state index is 13.7. The molecule has 1 aliphatic rings. The van der Waals surface area contributed by atoms with Gasteiger partial charge < -0.3 is 5.32 Å². The molecule has 0 amide bonds. The molecule has 0 saturated carbocycles. The van der Waals surface area contributed by atoms with Gasteiger partial charge in [0, 0.05) is 27.1 Å². The lowest BCUT2D eigenvalue weighted by Crippen LogP contribution is -2.38. The van der Waals surface area contributed by atoms with E-state index in [1.54, 1.807) is 17.8 Å². The van der Waals surface area contributed by atoms with Crippen LogP contribution < -0.4 is 5.32 Å². The smallest absolute Gasteiger partial charge is 0.127 e. The Morgan fingerprint density at radius 1 is 1.50 bits per heavy atom. The second kappa shape index (κ2) is 4.21. The normalized spacial score (nSPS) is 22.9. The molecule has 0 aliphatic carbocycles. The SMILES string of the molecule is CNC1c2c(Cl)ccc(F)c2CSC1(C)C. The molecule has 2 rings (SSSR count). The molecule has 1 N–H and O–H groups in total. The Bertz CT molecular complexity index is 420. The van der Waals surface area contributed by atoms with Crippen molar-refractivity contribution in [3.05, 3.63) is 34.1 Å². The van der Waals surface area contributed by atoms with Gasteiger partial charge in [-0.1, -0.05) is 11.6 Å². The molecule has 16 heavy (non-hydrogen) atoms. The molecule has 0 bridgehead atoms. The van der Waals surface area contributed by atoms with Crippen LogP contribution in [-0.2, 0) is 5.75 Å². The Kier molecular flexibility index (Phi) is 3.21. The quantitative estimate of drug-likeness (QED) is 0.824. The van der Waals surface area contributed by atoms with Crippen LogP contribution in [0, 0.1) is 5.82 Å². The van der Waals surface area contributed by atoms with Crippen molar-refractivity contribution in [1.29, 1.82) is 0 Å². The summed E-state index contributed by atoms with van der Waals surface area (Å²) >= 11 is 7.96. The van der Waals surface area contributed by atoms with E-state index in [-0.39, 0.29) is 16.6 Å². The van der Waals surface area contributed by atoms with Crippen molar-refractivity contribution in [3.63, 3.8) is 0 Å². The van der Waals surface area contributed by atoms with E-state index in [1.807, 2.05) is 7.05 Å². The fraction of sp³-hybridized carbons (Fsp3) is 0.500. The van der Waals surface area contributed by atoms with Crippen LogP contribution in [0.1, 0.15) is 31.0 Å². The highest BCUT2D eigenvalue weighted by Crippen LogP contribution is 2.48. The lowest BCUT2D eigenvalue weighted by Gasteiger charge is -2.39. The van der Waals surface area contributed by atoms with E-state index in [2.05, 4.69) is 19.2 Å². The van der Waals surface area contributed by atoms with E-state index in [0.717, 1.165) is 11.1 Å². The second-order valence-electron chi connectivity index (χ2n) is 4.54. The molecule has 1 aromatic rings. The molecule has 0 fully saturated rings. The minimum absolute atomic E-state index is 0.0270. The zero-order valence-electron chi connectivity index (χ0n) is 9.60. The maximum absolute atomic E-state index is 13.7. The highest BCUT2D eigenvalue weighted by atomic mass is 35.5. The van der Waals surface area contributed by atoms with Gasteiger partial charge in [-0.25, -0.2) is 4.39 Å². The summed E-state index contributed by atoms with van der Waals surface area (Å²) in [5, 5.41) is 3.90. The molecule has 0 aromatic heterocycles. The van der Waals surface area contributed by atoms with Crippen LogP contribution in [0.4, 0.5) is 4.39 Å². The molecule has 4 heteroatoms. The Balaban J connectivity index is 2.61. The van der Waals surface area contributed by atoms with Gasteiger partial charge >= 0.3 is 0 Å². The molecule has 0 spiro atoms. The van der Waals surface area contributed by atoms with Crippen LogP contribution in [0.5, 0.6) is 0 Å². The van der Waals surface area contributed by atoms with Crippen molar-refractivity contribution in [2.45, 2.75) is 30.4 Å². The Morgan fingerprint density at radius 2 is 2.19 bits per heavy atom. The van der Waals surface area contributed by atoms with Crippen molar-refractivity contribution in [2.24, 2.45) is 0 Å². The van der Waals surface area contributed by atoms with Gasteiger partial charge in [0.2, 0.25) is 0 Å². The predicted molar refractivity (Wildman–Crippen MR) is 68.6 cm³/mol. The highest BCUT2D eigenvalue weighted by molar-refractivity contribution is 8.00. The summed E-state index contributed by atoms with van der Waals surface area (Å²) in [5.74, 6) is 0.537. The molecule has 1 unspecified atom stereocenters. The topological polar surface area (TPSA) is 12.0 Å². The number of nitrogens with one attached hydrogen (secondary N) is 1. The number of hydrogen-bond donors (Lipinski definition) is 1. The summed E-state index contributed by atoms with van der Waals surface area (Å²) in [6.45, 7) is 4.31. The van der Waals surface area contributed by atoms with Crippen LogP contribution in [0.3, 0.4) is 0 Å². The lowest BCUT2D eigenvalue weighted by atomic mass is 9.91. The van der Waals surface area contributed by atoms with Crippen molar-refractivity contribution in [2.75, 3.05) is 7.05 Å². The Labute approximate surface area is 105 Å².